The van der Waals surface area contributed by atoms with E-state index in [1.54, 1.807) is 12.1 Å². The van der Waals surface area contributed by atoms with Gasteiger partial charge in [0, 0.05) is 31.4 Å². The summed E-state index contributed by atoms with van der Waals surface area (Å²) in [6.45, 7) is 1.47. The van der Waals surface area contributed by atoms with Crippen LogP contribution in [0.25, 0.3) is 11.0 Å². The number of hydrogen-bond acceptors (Lipinski definition) is 8. The molecule has 3 heterocycles. The van der Waals surface area contributed by atoms with Gasteiger partial charge in [-0.1, -0.05) is 19.3 Å². The topological polar surface area (TPSA) is 121 Å². The maximum Gasteiger partial charge on any atom is 0.243 e. The van der Waals surface area contributed by atoms with Crippen molar-refractivity contribution >= 4 is 38.5 Å². The minimum absolute atomic E-state index is 0.178. The van der Waals surface area contributed by atoms with E-state index in [4.69, 9.17) is 14.5 Å². The van der Waals surface area contributed by atoms with Gasteiger partial charge in [-0.15, -0.1) is 0 Å². The molecule has 1 aliphatic carbocycles. The lowest BCUT2D eigenvalue weighted by atomic mass is 9.95. The average molecular weight is 487 g/mol. The monoisotopic (exact) mass is 486 g/mol. The standard InChI is InChI=1S/C23H30N6O4S/c1-32-20-15-17(34(30,31)29-11-13-33-14-12-29)7-8-19(20)26-23-27-21-18(9-10-24-21)22(28-23)25-16-5-3-2-4-6-16/h7-10,15-16H,2-6,11-14H2,1H3,(H3,24,25,26,27,28). The molecule has 10 nitrogen and oxygen atoms in total. The minimum Gasteiger partial charge on any atom is -0.495 e. The molecular formula is C23H30N6O4S. The zero-order valence-electron chi connectivity index (χ0n) is 19.2. The van der Waals surface area contributed by atoms with Gasteiger partial charge in [-0.05, 0) is 31.0 Å². The Morgan fingerprint density at radius 1 is 1.12 bits per heavy atom. The Bertz CT molecular complexity index is 1250. The number of rotatable bonds is 7. The van der Waals surface area contributed by atoms with Crippen LogP contribution in [0.1, 0.15) is 32.1 Å². The molecule has 0 bridgehead atoms. The number of benzene rings is 1. The number of aromatic nitrogens is 3. The summed E-state index contributed by atoms with van der Waals surface area (Å²) in [5.74, 6) is 1.58. The van der Waals surface area contributed by atoms with Crippen molar-refractivity contribution in [3.05, 3.63) is 30.5 Å². The van der Waals surface area contributed by atoms with Crippen LogP contribution < -0.4 is 15.4 Å². The van der Waals surface area contributed by atoms with Crippen LogP contribution in [-0.4, -0.2) is 67.1 Å². The molecule has 0 amide bonds. The Morgan fingerprint density at radius 3 is 2.68 bits per heavy atom. The van der Waals surface area contributed by atoms with Crippen LogP contribution >= 0.6 is 0 Å². The molecule has 3 aromatic rings. The fourth-order valence-corrected chi connectivity index (χ4v) is 5.96. The molecule has 2 aromatic heterocycles. The van der Waals surface area contributed by atoms with E-state index in [0.29, 0.717) is 49.7 Å². The molecule has 1 aromatic carbocycles. The van der Waals surface area contributed by atoms with Gasteiger partial charge in [0.25, 0.3) is 0 Å². The maximum absolute atomic E-state index is 13.0. The van der Waals surface area contributed by atoms with Gasteiger partial charge in [0.1, 0.15) is 17.2 Å². The van der Waals surface area contributed by atoms with Gasteiger partial charge < -0.3 is 25.1 Å². The van der Waals surface area contributed by atoms with Crippen molar-refractivity contribution in [2.24, 2.45) is 0 Å². The molecule has 1 aliphatic heterocycles. The predicted molar refractivity (Wildman–Crippen MR) is 130 cm³/mol. The number of nitrogens with one attached hydrogen (secondary N) is 3. The van der Waals surface area contributed by atoms with Gasteiger partial charge in [-0.2, -0.15) is 14.3 Å². The Balaban J connectivity index is 1.42. The third kappa shape index (κ3) is 4.68. The van der Waals surface area contributed by atoms with Gasteiger partial charge in [-0.3, -0.25) is 0 Å². The number of methoxy groups -OCH3 is 1. The number of nitrogens with zero attached hydrogens (tertiary/aromatic N) is 3. The molecule has 34 heavy (non-hydrogen) atoms. The minimum atomic E-state index is -3.63. The fourth-order valence-electron chi connectivity index (χ4n) is 4.54. The molecule has 1 saturated heterocycles. The molecular weight excluding hydrogens is 456 g/mol. The second kappa shape index (κ2) is 9.77. The first-order valence-corrected chi connectivity index (χ1v) is 13.1. The summed E-state index contributed by atoms with van der Waals surface area (Å²) in [6, 6.07) is 7.15. The van der Waals surface area contributed by atoms with Crippen molar-refractivity contribution < 1.29 is 17.9 Å². The van der Waals surface area contributed by atoms with Crippen molar-refractivity contribution in [1.82, 2.24) is 19.3 Å². The summed E-state index contributed by atoms with van der Waals surface area (Å²) in [5, 5.41) is 7.74. The van der Waals surface area contributed by atoms with Crippen molar-refractivity contribution in [2.45, 2.75) is 43.0 Å². The molecule has 0 spiro atoms. The number of morpholine rings is 1. The fraction of sp³-hybridized carbons (Fsp3) is 0.478. The Hall–Kier alpha value is -2.89. The van der Waals surface area contributed by atoms with Crippen molar-refractivity contribution in [1.29, 1.82) is 0 Å². The Kier molecular flexibility index (Phi) is 6.57. The summed E-state index contributed by atoms with van der Waals surface area (Å²) >= 11 is 0. The SMILES string of the molecule is COc1cc(S(=O)(=O)N2CCOCC2)ccc1Nc1nc(NC2CCCCC2)c2cc[nH]c2n1. The van der Waals surface area contributed by atoms with Crippen LogP contribution in [0, 0.1) is 0 Å². The molecule has 11 heteroatoms. The van der Waals surface area contributed by atoms with E-state index in [0.717, 1.165) is 29.7 Å². The van der Waals surface area contributed by atoms with Gasteiger partial charge in [0.05, 0.1) is 36.3 Å². The maximum atomic E-state index is 13.0. The highest BCUT2D eigenvalue weighted by atomic mass is 32.2. The molecule has 5 rings (SSSR count). The molecule has 1 saturated carbocycles. The average Bonchev–Trinajstić information content (AvgIpc) is 3.34. The van der Waals surface area contributed by atoms with E-state index in [1.807, 2.05) is 12.3 Å². The van der Waals surface area contributed by atoms with Gasteiger partial charge in [0.2, 0.25) is 16.0 Å². The van der Waals surface area contributed by atoms with Crippen molar-refractivity contribution in [2.75, 3.05) is 44.0 Å². The highest BCUT2D eigenvalue weighted by Crippen LogP contribution is 2.32. The summed E-state index contributed by atoms with van der Waals surface area (Å²) in [4.78, 5) is 12.7. The summed E-state index contributed by atoms with van der Waals surface area (Å²) in [7, 11) is -2.12. The molecule has 2 fully saturated rings. The first-order valence-electron chi connectivity index (χ1n) is 11.7. The zero-order valence-corrected chi connectivity index (χ0v) is 20.0. The molecule has 0 atom stereocenters. The second-order valence-corrected chi connectivity index (χ2v) is 10.6. The normalized spacial score (nSPS) is 18.1. The quantitative estimate of drug-likeness (QED) is 0.464. The summed E-state index contributed by atoms with van der Waals surface area (Å²) in [6.07, 6.45) is 7.84. The van der Waals surface area contributed by atoms with Crippen LogP contribution in [0.2, 0.25) is 0 Å². The third-order valence-electron chi connectivity index (χ3n) is 6.39. The van der Waals surface area contributed by atoms with Crippen LogP contribution in [0.5, 0.6) is 5.75 Å². The van der Waals surface area contributed by atoms with E-state index in [-0.39, 0.29) is 4.90 Å². The van der Waals surface area contributed by atoms with E-state index >= 15 is 0 Å². The zero-order chi connectivity index (χ0) is 23.5. The largest absolute Gasteiger partial charge is 0.495 e. The number of ether oxygens (including phenoxy) is 2. The summed E-state index contributed by atoms with van der Waals surface area (Å²) in [5.41, 5.74) is 1.30. The number of anilines is 3. The predicted octanol–water partition coefficient (Wildman–Crippen LogP) is 3.48. The Labute approximate surface area is 199 Å². The first kappa shape index (κ1) is 22.9. The van der Waals surface area contributed by atoms with E-state index in [9.17, 15) is 8.42 Å². The van der Waals surface area contributed by atoms with Crippen LogP contribution in [0.3, 0.4) is 0 Å². The highest BCUT2D eigenvalue weighted by molar-refractivity contribution is 7.89. The van der Waals surface area contributed by atoms with Crippen molar-refractivity contribution in [3.63, 3.8) is 0 Å². The number of aromatic amines is 1. The van der Waals surface area contributed by atoms with E-state index in [2.05, 4.69) is 20.6 Å². The first-order chi connectivity index (χ1) is 16.5. The number of hydrogen-bond donors (Lipinski definition) is 3. The van der Waals surface area contributed by atoms with Gasteiger partial charge >= 0.3 is 0 Å². The number of H-pyrrole nitrogens is 1. The van der Waals surface area contributed by atoms with Gasteiger partial charge in [0.15, 0.2) is 0 Å². The van der Waals surface area contributed by atoms with E-state index < -0.39 is 10.0 Å². The molecule has 0 radical (unpaired) electrons. The van der Waals surface area contributed by atoms with E-state index in [1.165, 1.54) is 36.7 Å². The van der Waals surface area contributed by atoms with Crippen molar-refractivity contribution in [3.8, 4) is 5.75 Å². The van der Waals surface area contributed by atoms with Crippen LogP contribution in [-0.2, 0) is 14.8 Å². The van der Waals surface area contributed by atoms with Crippen LogP contribution in [0.15, 0.2) is 35.4 Å². The lowest BCUT2D eigenvalue weighted by molar-refractivity contribution is 0.0730. The second-order valence-electron chi connectivity index (χ2n) is 8.62. The lowest BCUT2D eigenvalue weighted by Crippen LogP contribution is -2.40. The highest BCUT2D eigenvalue weighted by Gasteiger charge is 2.27. The Morgan fingerprint density at radius 2 is 1.91 bits per heavy atom. The molecule has 0 unspecified atom stereocenters. The summed E-state index contributed by atoms with van der Waals surface area (Å²) < 4.78 is 38.3. The third-order valence-corrected chi connectivity index (χ3v) is 8.28. The van der Waals surface area contributed by atoms with Crippen LogP contribution in [0.4, 0.5) is 17.5 Å². The smallest absolute Gasteiger partial charge is 0.243 e. The molecule has 3 N–H and O–H groups in total. The lowest BCUT2D eigenvalue weighted by Gasteiger charge is -2.26. The van der Waals surface area contributed by atoms with Gasteiger partial charge in [-0.25, -0.2) is 8.42 Å². The molecule has 2 aliphatic rings. The molecule has 182 valence electrons. The number of sulfonamides is 1. The number of fused-ring (bicyclic) bond motifs is 1.